The second-order valence-corrected chi connectivity index (χ2v) is 7.04. The van der Waals surface area contributed by atoms with Gasteiger partial charge in [-0.25, -0.2) is 4.98 Å². The Morgan fingerprint density at radius 1 is 1.16 bits per heavy atom. The van der Waals surface area contributed by atoms with Crippen LogP contribution in [0.25, 0.3) is 11.0 Å². The molecule has 132 valence electrons. The molecule has 1 fully saturated rings. The topological polar surface area (TPSA) is 38.9 Å². The predicted molar refractivity (Wildman–Crippen MR) is 101 cm³/mol. The van der Waals surface area contributed by atoms with Crippen LogP contribution in [0.2, 0.25) is 0 Å². The summed E-state index contributed by atoms with van der Waals surface area (Å²) >= 11 is 0. The molecule has 4 rings (SSSR count). The minimum Gasteiger partial charge on any atom is -0.325 e. The van der Waals surface area contributed by atoms with Gasteiger partial charge in [0.1, 0.15) is 5.82 Å². The highest BCUT2D eigenvalue weighted by Gasteiger charge is 2.23. The predicted octanol–water partition coefficient (Wildman–Crippen LogP) is 3.44. The molecule has 0 N–H and O–H groups in total. The Hall–Kier alpha value is -2.14. The summed E-state index contributed by atoms with van der Waals surface area (Å²) in [6, 6.07) is 9.08. The van der Waals surface area contributed by atoms with Gasteiger partial charge in [0.25, 0.3) is 0 Å². The zero-order valence-electron chi connectivity index (χ0n) is 15.2. The van der Waals surface area contributed by atoms with Crippen molar-refractivity contribution in [1.82, 2.24) is 24.2 Å². The molecule has 0 atom stereocenters. The number of nitrogens with zero attached hydrogens (tertiary/aromatic N) is 5. The molecule has 0 radical (unpaired) electrons. The first-order valence-corrected chi connectivity index (χ1v) is 9.42. The molecule has 5 nitrogen and oxygen atoms in total. The summed E-state index contributed by atoms with van der Waals surface area (Å²) in [5, 5.41) is 4.37. The molecular formula is C20H27N5. The van der Waals surface area contributed by atoms with Crippen LogP contribution < -0.4 is 0 Å². The number of aryl methyl sites for hydroxylation is 2. The molecule has 0 amide bonds. The second kappa shape index (κ2) is 7.00. The first kappa shape index (κ1) is 16.3. The Kier molecular flexibility index (Phi) is 4.57. The first-order chi connectivity index (χ1) is 12.2. The highest BCUT2D eigenvalue weighted by atomic mass is 15.3. The number of hydrogen-bond acceptors (Lipinski definition) is 3. The highest BCUT2D eigenvalue weighted by molar-refractivity contribution is 5.76. The summed E-state index contributed by atoms with van der Waals surface area (Å²) in [4.78, 5) is 7.33. The Balaban J connectivity index is 1.37. The first-order valence-electron chi connectivity index (χ1n) is 9.42. The Morgan fingerprint density at radius 2 is 1.96 bits per heavy atom. The van der Waals surface area contributed by atoms with E-state index < -0.39 is 0 Å². The molecule has 0 aliphatic carbocycles. The summed E-state index contributed by atoms with van der Waals surface area (Å²) < 4.78 is 4.46. The number of fused-ring (bicyclic) bond motifs is 1. The van der Waals surface area contributed by atoms with Gasteiger partial charge in [0, 0.05) is 38.4 Å². The fourth-order valence-electron chi connectivity index (χ4n) is 4.02. The number of benzene rings is 1. The van der Waals surface area contributed by atoms with Gasteiger partial charge in [-0.3, -0.25) is 4.68 Å². The van der Waals surface area contributed by atoms with Crippen molar-refractivity contribution in [3.8, 4) is 0 Å². The average molecular weight is 337 g/mol. The monoisotopic (exact) mass is 337 g/mol. The molecule has 1 aliphatic rings. The van der Waals surface area contributed by atoms with Crippen LogP contribution in [-0.2, 0) is 13.0 Å². The van der Waals surface area contributed by atoms with Gasteiger partial charge in [-0.2, -0.15) is 5.10 Å². The standard InChI is InChI=1S/C20H27N5/c1-3-24-15-17(14-21-24)8-11-23-12-9-18(10-13-23)25-16(2)22-19-6-4-5-7-20(19)25/h4-7,14-15,18H,3,8-13H2,1-2H3. The van der Waals surface area contributed by atoms with Crippen molar-refractivity contribution < 1.29 is 0 Å². The van der Waals surface area contributed by atoms with E-state index in [2.05, 4.69) is 58.9 Å². The van der Waals surface area contributed by atoms with Gasteiger partial charge in [-0.15, -0.1) is 0 Å². The van der Waals surface area contributed by atoms with Crippen molar-refractivity contribution in [2.24, 2.45) is 0 Å². The third-order valence-electron chi connectivity index (χ3n) is 5.42. The van der Waals surface area contributed by atoms with E-state index >= 15 is 0 Å². The van der Waals surface area contributed by atoms with Crippen molar-refractivity contribution in [1.29, 1.82) is 0 Å². The van der Waals surface area contributed by atoms with Crippen LogP contribution in [0.15, 0.2) is 36.7 Å². The van der Waals surface area contributed by atoms with Gasteiger partial charge in [-0.1, -0.05) is 12.1 Å². The Labute approximate surface area is 149 Å². The number of imidazole rings is 1. The summed E-state index contributed by atoms with van der Waals surface area (Å²) in [6.45, 7) is 8.67. The van der Waals surface area contributed by atoms with Crippen LogP contribution in [0.1, 0.15) is 37.2 Å². The fourth-order valence-corrected chi connectivity index (χ4v) is 4.02. The lowest BCUT2D eigenvalue weighted by molar-refractivity contribution is 0.189. The van der Waals surface area contributed by atoms with Crippen molar-refractivity contribution >= 4 is 11.0 Å². The molecule has 1 aromatic carbocycles. The summed E-state index contributed by atoms with van der Waals surface area (Å²) in [6.07, 6.45) is 7.69. The van der Waals surface area contributed by atoms with Crippen LogP contribution in [0, 0.1) is 6.92 Å². The largest absolute Gasteiger partial charge is 0.325 e. The third kappa shape index (κ3) is 3.33. The molecule has 3 heterocycles. The minimum absolute atomic E-state index is 0.575. The lowest BCUT2D eigenvalue weighted by Crippen LogP contribution is -2.36. The van der Waals surface area contributed by atoms with Crippen LogP contribution >= 0.6 is 0 Å². The maximum atomic E-state index is 4.73. The highest BCUT2D eigenvalue weighted by Crippen LogP contribution is 2.28. The smallest absolute Gasteiger partial charge is 0.106 e. The van der Waals surface area contributed by atoms with Crippen LogP contribution in [0.4, 0.5) is 0 Å². The number of likely N-dealkylation sites (tertiary alicyclic amines) is 1. The number of hydrogen-bond donors (Lipinski definition) is 0. The zero-order valence-corrected chi connectivity index (χ0v) is 15.2. The molecule has 0 bridgehead atoms. The summed E-state index contributed by atoms with van der Waals surface area (Å²) in [7, 11) is 0. The normalized spacial score (nSPS) is 16.7. The molecule has 0 saturated carbocycles. The Bertz CT molecular complexity index is 839. The minimum atomic E-state index is 0.575. The molecule has 5 heteroatoms. The third-order valence-corrected chi connectivity index (χ3v) is 5.42. The molecule has 1 aliphatic heterocycles. The van der Waals surface area contributed by atoms with Crippen LogP contribution in [0.5, 0.6) is 0 Å². The number of rotatable bonds is 5. The number of piperidine rings is 1. The van der Waals surface area contributed by atoms with Crippen molar-refractivity contribution in [3.05, 3.63) is 48.0 Å². The van der Waals surface area contributed by atoms with Crippen molar-refractivity contribution in [2.45, 2.75) is 45.7 Å². The second-order valence-electron chi connectivity index (χ2n) is 7.04. The van der Waals surface area contributed by atoms with E-state index in [1.807, 2.05) is 10.9 Å². The molecule has 25 heavy (non-hydrogen) atoms. The van der Waals surface area contributed by atoms with E-state index in [0.29, 0.717) is 6.04 Å². The maximum absolute atomic E-state index is 4.73. The molecule has 2 aromatic heterocycles. The van der Waals surface area contributed by atoms with Crippen LogP contribution in [-0.4, -0.2) is 43.9 Å². The SMILES string of the molecule is CCn1cc(CCN2CCC(n3c(C)nc4ccccc43)CC2)cn1. The zero-order chi connectivity index (χ0) is 17.2. The lowest BCUT2D eigenvalue weighted by atomic mass is 10.0. The lowest BCUT2D eigenvalue weighted by Gasteiger charge is -2.33. The fraction of sp³-hybridized carbons (Fsp3) is 0.500. The summed E-state index contributed by atoms with van der Waals surface area (Å²) in [5.74, 6) is 1.15. The number of para-hydroxylation sites is 2. The average Bonchev–Trinajstić information content (AvgIpc) is 3.23. The Morgan fingerprint density at radius 3 is 2.72 bits per heavy atom. The van der Waals surface area contributed by atoms with Gasteiger partial charge in [0.2, 0.25) is 0 Å². The van der Waals surface area contributed by atoms with Gasteiger partial charge in [-0.05, 0) is 50.8 Å². The van der Waals surface area contributed by atoms with E-state index in [0.717, 1.165) is 30.9 Å². The van der Waals surface area contributed by atoms with E-state index in [1.54, 1.807) is 0 Å². The summed E-state index contributed by atoms with van der Waals surface area (Å²) in [5.41, 5.74) is 3.75. The van der Waals surface area contributed by atoms with Crippen LogP contribution in [0.3, 0.4) is 0 Å². The molecule has 0 spiro atoms. The van der Waals surface area contributed by atoms with Crippen molar-refractivity contribution in [2.75, 3.05) is 19.6 Å². The molecule has 0 unspecified atom stereocenters. The van der Waals surface area contributed by atoms with Gasteiger partial charge < -0.3 is 9.47 Å². The van der Waals surface area contributed by atoms with E-state index in [9.17, 15) is 0 Å². The van der Waals surface area contributed by atoms with E-state index in [-0.39, 0.29) is 0 Å². The number of aromatic nitrogens is 4. The molecule has 3 aromatic rings. The quantitative estimate of drug-likeness (QED) is 0.716. The van der Waals surface area contributed by atoms with Crippen molar-refractivity contribution in [3.63, 3.8) is 0 Å². The van der Waals surface area contributed by atoms with Gasteiger partial charge in [0.15, 0.2) is 0 Å². The molecule has 1 saturated heterocycles. The van der Waals surface area contributed by atoms with E-state index in [4.69, 9.17) is 4.98 Å². The van der Waals surface area contributed by atoms with E-state index in [1.165, 1.54) is 37.0 Å². The molecular weight excluding hydrogens is 310 g/mol. The van der Waals surface area contributed by atoms with Gasteiger partial charge in [0.05, 0.1) is 17.2 Å². The van der Waals surface area contributed by atoms with Gasteiger partial charge >= 0.3 is 0 Å². The maximum Gasteiger partial charge on any atom is 0.106 e.